The van der Waals surface area contributed by atoms with Crippen molar-refractivity contribution in [2.45, 2.75) is 45.3 Å². The molecule has 4 rings (SSSR count). The number of benzene rings is 1. The monoisotopic (exact) mass is 426 g/mol. The summed E-state index contributed by atoms with van der Waals surface area (Å²) in [7, 11) is 0. The van der Waals surface area contributed by atoms with E-state index in [0.29, 0.717) is 11.0 Å². The van der Waals surface area contributed by atoms with Crippen LogP contribution in [0.15, 0.2) is 35.8 Å². The number of thiazole rings is 1. The second-order valence-electron chi connectivity index (χ2n) is 7.72. The van der Waals surface area contributed by atoms with Gasteiger partial charge in [0, 0.05) is 35.9 Å². The number of carbonyl (C=O) groups excluding carboxylic acids is 2. The molecule has 8 heteroatoms. The minimum atomic E-state index is -0.835. The molecule has 3 heterocycles. The smallest absolute Gasteiger partial charge is 0.303 e. The van der Waals surface area contributed by atoms with Crippen molar-refractivity contribution in [2.24, 2.45) is 0 Å². The van der Waals surface area contributed by atoms with Gasteiger partial charge in [0.25, 0.3) is 5.91 Å². The Kier molecular flexibility index (Phi) is 6.15. The molecule has 1 aromatic carbocycles. The Bertz CT molecular complexity index is 1040. The molecule has 1 atom stereocenters. The Hall–Kier alpha value is -2.71. The van der Waals surface area contributed by atoms with Crippen LogP contribution in [0.1, 0.15) is 43.9 Å². The maximum atomic E-state index is 12.1. The molecule has 0 unspecified atom stereocenters. The third-order valence-corrected chi connectivity index (χ3v) is 6.33. The highest BCUT2D eigenvalue weighted by Crippen LogP contribution is 2.33. The summed E-state index contributed by atoms with van der Waals surface area (Å²) >= 11 is 1.39. The number of rotatable bonds is 6. The van der Waals surface area contributed by atoms with Gasteiger partial charge >= 0.3 is 5.97 Å². The van der Waals surface area contributed by atoms with Crippen LogP contribution in [-0.4, -0.2) is 45.9 Å². The predicted octanol–water partition coefficient (Wildman–Crippen LogP) is 3.89. The van der Waals surface area contributed by atoms with Crippen LogP contribution in [0.2, 0.25) is 0 Å². The molecule has 1 aliphatic heterocycles. The maximum Gasteiger partial charge on any atom is 0.303 e. The fraction of sp³-hybridized carbons (Fsp3) is 0.409. The number of amides is 1. The lowest BCUT2D eigenvalue weighted by molar-refractivity contribution is -0.150. The molecular formula is C22H26N4O3S. The summed E-state index contributed by atoms with van der Waals surface area (Å²) in [6.45, 7) is 5.64. The Morgan fingerprint density at radius 3 is 2.87 bits per heavy atom. The largest absolute Gasteiger partial charge is 0.453 e. The Morgan fingerprint density at radius 2 is 2.10 bits per heavy atom. The molecule has 0 saturated carbocycles. The molecule has 0 aliphatic carbocycles. The molecule has 0 spiro atoms. The molecule has 2 N–H and O–H groups in total. The average molecular weight is 427 g/mol. The van der Waals surface area contributed by atoms with Crippen molar-refractivity contribution < 1.29 is 14.3 Å². The van der Waals surface area contributed by atoms with Crippen LogP contribution in [0, 0.1) is 0 Å². The first-order valence-electron chi connectivity index (χ1n) is 10.2. The van der Waals surface area contributed by atoms with Crippen LogP contribution in [0.25, 0.3) is 10.9 Å². The van der Waals surface area contributed by atoms with Crippen molar-refractivity contribution in [3.8, 4) is 0 Å². The summed E-state index contributed by atoms with van der Waals surface area (Å²) in [4.78, 5) is 33.3. The number of para-hydroxylation sites is 1. The summed E-state index contributed by atoms with van der Waals surface area (Å²) in [6, 6.07) is 8.48. The number of fused-ring (bicyclic) bond motifs is 1. The van der Waals surface area contributed by atoms with Gasteiger partial charge in [0.1, 0.15) is 0 Å². The van der Waals surface area contributed by atoms with Crippen molar-refractivity contribution >= 4 is 39.2 Å². The first kappa shape index (κ1) is 20.6. The van der Waals surface area contributed by atoms with Gasteiger partial charge in [-0.05, 0) is 50.4 Å². The molecule has 0 radical (unpaired) electrons. The number of H-pyrrole nitrogens is 1. The van der Waals surface area contributed by atoms with Gasteiger partial charge < -0.3 is 9.72 Å². The molecule has 1 saturated heterocycles. The van der Waals surface area contributed by atoms with Gasteiger partial charge in [0.15, 0.2) is 11.2 Å². The van der Waals surface area contributed by atoms with E-state index in [4.69, 9.17) is 4.74 Å². The Labute approximate surface area is 179 Å². The van der Waals surface area contributed by atoms with Gasteiger partial charge in [0.05, 0.1) is 5.69 Å². The third kappa shape index (κ3) is 4.71. The van der Waals surface area contributed by atoms with E-state index < -0.39 is 12.1 Å². The van der Waals surface area contributed by atoms with Crippen LogP contribution in [0.4, 0.5) is 5.13 Å². The van der Waals surface area contributed by atoms with E-state index in [0.717, 1.165) is 38.2 Å². The van der Waals surface area contributed by atoms with Crippen molar-refractivity contribution in [2.75, 3.05) is 18.4 Å². The van der Waals surface area contributed by atoms with Gasteiger partial charge in [-0.15, -0.1) is 11.3 Å². The zero-order valence-corrected chi connectivity index (χ0v) is 18.0. The highest BCUT2D eigenvalue weighted by molar-refractivity contribution is 7.13. The highest BCUT2D eigenvalue weighted by atomic mass is 32.1. The topological polar surface area (TPSA) is 87.3 Å². The zero-order valence-electron chi connectivity index (χ0n) is 17.2. The standard InChI is InChI=1S/C22H26N4O3S/c1-14(29-15(2)27)21(28)25-22-24-17(13-30-22)12-26-9-7-16(8-10-26)19-11-23-20-6-4-3-5-18(19)20/h3-6,11,13-14,16,23H,7-10,12H2,1-2H3,(H,24,25,28)/t14-/m0/s1. The molecule has 3 aromatic rings. The lowest BCUT2D eigenvalue weighted by atomic mass is 9.89. The molecule has 2 aromatic heterocycles. The van der Waals surface area contributed by atoms with Crippen LogP contribution in [-0.2, 0) is 20.9 Å². The molecular weight excluding hydrogens is 400 g/mol. The predicted molar refractivity (Wildman–Crippen MR) is 118 cm³/mol. The lowest BCUT2D eigenvalue weighted by Crippen LogP contribution is -2.32. The number of piperidine rings is 1. The first-order chi connectivity index (χ1) is 14.5. The van der Waals surface area contributed by atoms with E-state index in [1.165, 1.54) is 34.7 Å². The molecule has 1 aliphatic rings. The molecule has 1 amide bonds. The number of hydrogen-bond donors (Lipinski definition) is 2. The highest BCUT2D eigenvalue weighted by Gasteiger charge is 2.23. The SMILES string of the molecule is CC(=O)O[C@@H](C)C(=O)Nc1nc(CN2CCC(c3c[nH]c4ccccc34)CC2)cs1. The van der Waals surface area contributed by atoms with Gasteiger partial charge in [-0.1, -0.05) is 18.2 Å². The molecule has 7 nitrogen and oxygen atoms in total. The zero-order chi connectivity index (χ0) is 21.1. The average Bonchev–Trinajstić information content (AvgIpc) is 3.35. The second kappa shape index (κ2) is 8.97. The summed E-state index contributed by atoms with van der Waals surface area (Å²) in [5.74, 6) is -0.274. The van der Waals surface area contributed by atoms with Crippen LogP contribution in [0.3, 0.4) is 0 Å². The molecule has 30 heavy (non-hydrogen) atoms. The number of carbonyl (C=O) groups is 2. The maximum absolute atomic E-state index is 12.1. The third-order valence-electron chi connectivity index (χ3n) is 5.53. The Morgan fingerprint density at radius 1 is 1.33 bits per heavy atom. The number of ether oxygens (including phenoxy) is 1. The van der Waals surface area contributed by atoms with Gasteiger partial charge in [-0.3, -0.25) is 19.8 Å². The number of esters is 1. The number of nitrogens with zero attached hydrogens (tertiary/aromatic N) is 2. The molecule has 1 fully saturated rings. The number of likely N-dealkylation sites (tertiary alicyclic amines) is 1. The molecule has 0 bridgehead atoms. The van der Waals surface area contributed by atoms with Crippen LogP contribution < -0.4 is 5.32 Å². The van der Waals surface area contributed by atoms with E-state index in [1.807, 2.05) is 5.38 Å². The Balaban J connectivity index is 1.29. The van der Waals surface area contributed by atoms with E-state index in [9.17, 15) is 9.59 Å². The van der Waals surface area contributed by atoms with E-state index in [-0.39, 0.29) is 5.91 Å². The summed E-state index contributed by atoms with van der Waals surface area (Å²) < 4.78 is 4.90. The van der Waals surface area contributed by atoms with Crippen LogP contribution >= 0.6 is 11.3 Å². The van der Waals surface area contributed by atoms with Gasteiger partial charge in [-0.25, -0.2) is 4.98 Å². The summed E-state index contributed by atoms with van der Waals surface area (Å²) in [5, 5.41) is 6.55. The number of anilines is 1. The number of aromatic nitrogens is 2. The quantitative estimate of drug-likeness (QED) is 0.584. The number of hydrogen-bond acceptors (Lipinski definition) is 6. The minimum absolute atomic E-state index is 0.370. The van der Waals surface area contributed by atoms with Gasteiger partial charge in [0.2, 0.25) is 0 Å². The van der Waals surface area contributed by atoms with Gasteiger partial charge in [-0.2, -0.15) is 0 Å². The normalized spacial score (nSPS) is 16.5. The van der Waals surface area contributed by atoms with E-state index in [1.54, 1.807) is 6.92 Å². The lowest BCUT2D eigenvalue weighted by Gasteiger charge is -2.31. The first-order valence-corrected chi connectivity index (χ1v) is 11.1. The van der Waals surface area contributed by atoms with Crippen molar-refractivity contribution in [3.05, 3.63) is 47.1 Å². The minimum Gasteiger partial charge on any atom is -0.453 e. The van der Waals surface area contributed by atoms with Crippen molar-refractivity contribution in [1.29, 1.82) is 0 Å². The summed E-state index contributed by atoms with van der Waals surface area (Å²) in [6.07, 6.45) is 3.57. The number of aromatic amines is 1. The summed E-state index contributed by atoms with van der Waals surface area (Å²) in [5.41, 5.74) is 3.57. The second-order valence-corrected chi connectivity index (χ2v) is 8.58. The van der Waals surface area contributed by atoms with E-state index in [2.05, 4.69) is 50.6 Å². The fourth-order valence-electron chi connectivity index (χ4n) is 4.01. The van der Waals surface area contributed by atoms with E-state index >= 15 is 0 Å². The van der Waals surface area contributed by atoms with Crippen LogP contribution in [0.5, 0.6) is 0 Å². The number of nitrogens with one attached hydrogen (secondary N) is 2. The fourth-order valence-corrected chi connectivity index (χ4v) is 4.71. The van der Waals surface area contributed by atoms with Crippen molar-refractivity contribution in [1.82, 2.24) is 14.9 Å². The van der Waals surface area contributed by atoms with Crippen molar-refractivity contribution in [3.63, 3.8) is 0 Å². The molecule has 158 valence electrons.